The average Bonchev–Trinajstić information content (AvgIpc) is 2.26. The first-order valence-electron chi connectivity index (χ1n) is 4.70. The van der Waals surface area contributed by atoms with Crippen LogP contribution >= 0.6 is 34.2 Å². The summed E-state index contributed by atoms with van der Waals surface area (Å²) in [6.45, 7) is 2.05. The Balaban J connectivity index is 2.86. The summed E-state index contributed by atoms with van der Waals surface area (Å²) in [5.41, 5.74) is 2.34. The molecule has 0 aromatic heterocycles. The fraction of sp³-hybridized carbons (Fsp3) is 0.250. The van der Waals surface area contributed by atoms with E-state index in [4.69, 9.17) is 11.6 Å². The Morgan fingerprint density at radius 3 is 2.53 bits per heavy atom. The topological polar surface area (TPSA) is 17.1 Å². The van der Waals surface area contributed by atoms with Crippen molar-refractivity contribution in [2.45, 2.75) is 19.8 Å². The Hall–Kier alpha value is -0.350. The van der Waals surface area contributed by atoms with Gasteiger partial charge in [-0.05, 0) is 41.5 Å². The molecule has 15 heavy (non-hydrogen) atoms. The SMILES string of the molecule is Cc1ccc(/C(I)=C(/Cl)CCC=O)cc1. The molecule has 1 nitrogen and oxygen atoms in total. The largest absolute Gasteiger partial charge is 0.303 e. The van der Waals surface area contributed by atoms with Crippen molar-refractivity contribution >= 4 is 44.1 Å². The number of aldehydes is 1. The van der Waals surface area contributed by atoms with Gasteiger partial charge in [0.05, 0.1) is 0 Å². The van der Waals surface area contributed by atoms with Gasteiger partial charge in [0, 0.05) is 15.0 Å². The van der Waals surface area contributed by atoms with Crippen molar-refractivity contribution in [3.05, 3.63) is 40.4 Å². The van der Waals surface area contributed by atoms with Crippen LogP contribution < -0.4 is 0 Å². The molecule has 1 rings (SSSR count). The molecular weight excluding hydrogens is 322 g/mol. The lowest BCUT2D eigenvalue weighted by Gasteiger charge is -2.03. The number of hydrogen-bond donors (Lipinski definition) is 0. The minimum absolute atomic E-state index is 0.483. The van der Waals surface area contributed by atoms with Gasteiger partial charge in [-0.1, -0.05) is 41.4 Å². The van der Waals surface area contributed by atoms with Gasteiger partial charge < -0.3 is 4.79 Å². The van der Waals surface area contributed by atoms with E-state index >= 15 is 0 Å². The summed E-state index contributed by atoms with van der Waals surface area (Å²) in [6, 6.07) is 8.19. The lowest BCUT2D eigenvalue weighted by atomic mass is 10.1. The molecule has 0 saturated heterocycles. The average molecular weight is 335 g/mol. The second-order valence-corrected chi connectivity index (χ2v) is 4.83. The van der Waals surface area contributed by atoms with Gasteiger partial charge in [-0.3, -0.25) is 0 Å². The van der Waals surface area contributed by atoms with Crippen molar-refractivity contribution in [2.75, 3.05) is 0 Å². The van der Waals surface area contributed by atoms with E-state index in [2.05, 4.69) is 34.7 Å². The molecule has 1 aromatic rings. The molecule has 3 heteroatoms. The molecule has 0 aliphatic rings. The van der Waals surface area contributed by atoms with Gasteiger partial charge in [-0.2, -0.15) is 0 Å². The number of halogens is 2. The zero-order valence-electron chi connectivity index (χ0n) is 8.47. The second-order valence-electron chi connectivity index (χ2n) is 3.29. The molecule has 0 bridgehead atoms. The molecule has 1 aromatic carbocycles. The molecule has 0 fully saturated rings. The molecule has 0 spiro atoms. The molecule has 0 aliphatic carbocycles. The van der Waals surface area contributed by atoms with E-state index in [1.807, 2.05) is 19.1 Å². The summed E-state index contributed by atoms with van der Waals surface area (Å²) < 4.78 is 1.02. The molecule has 0 saturated carbocycles. The number of rotatable bonds is 4. The van der Waals surface area contributed by atoms with Gasteiger partial charge in [0.25, 0.3) is 0 Å². The zero-order chi connectivity index (χ0) is 11.3. The maximum atomic E-state index is 10.2. The van der Waals surface area contributed by atoms with E-state index in [0.717, 1.165) is 20.5 Å². The smallest absolute Gasteiger partial charge is 0.120 e. The summed E-state index contributed by atoms with van der Waals surface area (Å²) in [5.74, 6) is 0. The standard InChI is InChI=1S/C12H12ClIO/c1-9-4-6-10(7-5-9)12(14)11(13)3-2-8-15/h4-8H,2-3H2,1H3/b12-11-. The molecule has 0 unspecified atom stereocenters. The first-order chi connectivity index (χ1) is 7.15. The fourth-order valence-corrected chi connectivity index (χ4v) is 2.00. The van der Waals surface area contributed by atoms with Crippen molar-refractivity contribution in [2.24, 2.45) is 0 Å². The normalized spacial score (nSPS) is 12.2. The third-order valence-electron chi connectivity index (χ3n) is 2.02. The van der Waals surface area contributed by atoms with Crippen LogP contribution in [0.5, 0.6) is 0 Å². The summed E-state index contributed by atoms with van der Waals surface area (Å²) in [7, 11) is 0. The van der Waals surface area contributed by atoms with Crippen LogP contribution in [0.4, 0.5) is 0 Å². The van der Waals surface area contributed by atoms with Crippen LogP contribution in [0.3, 0.4) is 0 Å². The van der Waals surface area contributed by atoms with E-state index in [1.54, 1.807) is 0 Å². The quantitative estimate of drug-likeness (QED) is 0.592. The third kappa shape index (κ3) is 3.95. The van der Waals surface area contributed by atoms with E-state index < -0.39 is 0 Å². The van der Waals surface area contributed by atoms with Crippen LogP contribution in [0.15, 0.2) is 29.3 Å². The Morgan fingerprint density at radius 2 is 2.00 bits per heavy atom. The van der Waals surface area contributed by atoms with Gasteiger partial charge >= 0.3 is 0 Å². The van der Waals surface area contributed by atoms with Gasteiger partial charge in [-0.15, -0.1) is 0 Å². The summed E-state index contributed by atoms with van der Waals surface area (Å²) in [5, 5.41) is 0.756. The van der Waals surface area contributed by atoms with E-state index in [9.17, 15) is 4.79 Å². The highest BCUT2D eigenvalue weighted by Crippen LogP contribution is 2.30. The summed E-state index contributed by atoms with van der Waals surface area (Å²) >= 11 is 8.31. The number of benzene rings is 1. The molecule has 0 N–H and O–H groups in total. The van der Waals surface area contributed by atoms with Gasteiger partial charge in [0.1, 0.15) is 6.29 Å². The number of carbonyl (C=O) groups excluding carboxylic acids is 1. The minimum atomic E-state index is 0.483. The van der Waals surface area contributed by atoms with Crippen LogP contribution in [-0.4, -0.2) is 6.29 Å². The molecule has 0 heterocycles. The van der Waals surface area contributed by atoms with E-state index in [0.29, 0.717) is 12.8 Å². The molecule has 0 aliphatic heterocycles. The fourth-order valence-electron chi connectivity index (χ4n) is 1.15. The van der Waals surface area contributed by atoms with E-state index in [-0.39, 0.29) is 0 Å². The van der Waals surface area contributed by atoms with Crippen LogP contribution in [0.2, 0.25) is 0 Å². The Bertz CT molecular complexity index is 368. The number of hydrogen-bond acceptors (Lipinski definition) is 1. The van der Waals surface area contributed by atoms with E-state index in [1.165, 1.54) is 5.56 Å². The predicted molar refractivity (Wildman–Crippen MR) is 73.3 cm³/mol. The highest BCUT2D eigenvalue weighted by atomic mass is 127. The minimum Gasteiger partial charge on any atom is -0.303 e. The highest BCUT2D eigenvalue weighted by molar-refractivity contribution is 14.1. The molecule has 80 valence electrons. The summed E-state index contributed by atoms with van der Waals surface area (Å²) in [4.78, 5) is 10.2. The zero-order valence-corrected chi connectivity index (χ0v) is 11.4. The third-order valence-corrected chi connectivity index (χ3v) is 4.00. The van der Waals surface area contributed by atoms with Crippen molar-refractivity contribution < 1.29 is 4.79 Å². The number of allylic oxidation sites excluding steroid dienone is 1. The Labute approximate surface area is 109 Å². The predicted octanol–water partition coefficient (Wildman–Crippen LogP) is 4.32. The number of carbonyl (C=O) groups is 1. The second kappa shape index (κ2) is 6.28. The summed E-state index contributed by atoms with van der Waals surface area (Å²) in [6.07, 6.45) is 2.00. The maximum absolute atomic E-state index is 10.2. The maximum Gasteiger partial charge on any atom is 0.120 e. The number of aryl methyl sites for hydroxylation is 1. The van der Waals surface area contributed by atoms with Gasteiger partial charge in [-0.25, -0.2) is 0 Å². The van der Waals surface area contributed by atoms with Crippen LogP contribution in [0.1, 0.15) is 24.0 Å². The first kappa shape index (κ1) is 12.7. The lowest BCUT2D eigenvalue weighted by molar-refractivity contribution is -0.107. The lowest BCUT2D eigenvalue weighted by Crippen LogP contribution is -1.83. The van der Waals surface area contributed by atoms with Gasteiger partial charge in [0.2, 0.25) is 0 Å². The first-order valence-corrected chi connectivity index (χ1v) is 6.15. The monoisotopic (exact) mass is 334 g/mol. The highest BCUT2D eigenvalue weighted by Gasteiger charge is 2.03. The van der Waals surface area contributed by atoms with Crippen LogP contribution in [-0.2, 0) is 4.79 Å². The van der Waals surface area contributed by atoms with Crippen molar-refractivity contribution in [3.8, 4) is 0 Å². The molecule has 0 atom stereocenters. The van der Waals surface area contributed by atoms with Crippen LogP contribution in [0.25, 0.3) is 3.58 Å². The Morgan fingerprint density at radius 1 is 1.40 bits per heavy atom. The van der Waals surface area contributed by atoms with Gasteiger partial charge in [0.15, 0.2) is 0 Å². The molecular formula is C12H12ClIO. The van der Waals surface area contributed by atoms with Crippen molar-refractivity contribution in [3.63, 3.8) is 0 Å². The molecule has 0 amide bonds. The van der Waals surface area contributed by atoms with Crippen molar-refractivity contribution in [1.29, 1.82) is 0 Å². The Kier molecular flexibility index (Phi) is 5.32. The molecule has 0 radical (unpaired) electrons. The van der Waals surface area contributed by atoms with Crippen LogP contribution in [0, 0.1) is 6.92 Å². The van der Waals surface area contributed by atoms with Crippen molar-refractivity contribution in [1.82, 2.24) is 0 Å².